The molecule has 1 N–H and O–H groups in total. The molecule has 0 saturated heterocycles. The molecule has 0 spiro atoms. The fourth-order valence-corrected chi connectivity index (χ4v) is 4.56. The first-order valence-electron chi connectivity index (χ1n) is 8.54. The second kappa shape index (κ2) is 8.28. The number of fused-ring (bicyclic) bond motifs is 1. The van der Waals surface area contributed by atoms with Gasteiger partial charge >= 0.3 is 0 Å². The molecule has 3 aromatic carbocycles. The first-order chi connectivity index (χ1) is 14.3. The lowest BCUT2D eigenvalue weighted by Gasteiger charge is -2.21. The number of sulfonamides is 1. The van der Waals surface area contributed by atoms with E-state index in [9.17, 15) is 8.42 Å². The largest absolute Gasteiger partial charge is 0.431 e. The van der Waals surface area contributed by atoms with Crippen molar-refractivity contribution >= 4 is 73.2 Å². The molecule has 0 bridgehead atoms. The molecule has 152 valence electrons. The van der Waals surface area contributed by atoms with E-state index in [0.29, 0.717) is 21.7 Å². The zero-order chi connectivity index (χ0) is 21.3. The third-order valence-electron chi connectivity index (χ3n) is 4.02. The van der Waals surface area contributed by atoms with Gasteiger partial charge in [0.05, 0.1) is 15.4 Å². The van der Waals surface area contributed by atoms with Crippen molar-refractivity contribution in [2.45, 2.75) is 4.90 Å². The molecule has 4 aromatic rings. The van der Waals surface area contributed by atoms with Gasteiger partial charge in [0.1, 0.15) is 5.82 Å². The normalized spacial score (nSPS) is 11.4. The van der Waals surface area contributed by atoms with E-state index in [1.165, 1.54) is 18.2 Å². The Balaban J connectivity index is 1.81. The van der Waals surface area contributed by atoms with Crippen molar-refractivity contribution in [1.29, 1.82) is 0 Å². The van der Waals surface area contributed by atoms with Crippen LogP contribution in [0.3, 0.4) is 0 Å². The van der Waals surface area contributed by atoms with Crippen LogP contribution in [0.5, 0.6) is 0 Å². The lowest BCUT2D eigenvalue weighted by atomic mass is 10.3. The summed E-state index contributed by atoms with van der Waals surface area (Å²) in [6, 6.07) is 18.1. The van der Waals surface area contributed by atoms with Crippen molar-refractivity contribution in [3.05, 3.63) is 86.5 Å². The summed E-state index contributed by atoms with van der Waals surface area (Å²) in [6.45, 7) is 0. The summed E-state index contributed by atoms with van der Waals surface area (Å²) < 4.78 is 29.8. The summed E-state index contributed by atoms with van der Waals surface area (Å²) >= 11 is 18.0. The van der Waals surface area contributed by atoms with E-state index >= 15 is 0 Å². The Labute approximate surface area is 187 Å². The van der Waals surface area contributed by atoms with Gasteiger partial charge in [-0.25, -0.2) is 13.4 Å². The lowest BCUT2D eigenvalue weighted by molar-refractivity contribution is 0.603. The van der Waals surface area contributed by atoms with E-state index in [0.717, 1.165) is 0 Å². The molecule has 10 heteroatoms. The molecule has 0 radical (unpaired) electrons. The third-order valence-corrected chi connectivity index (χ3v) is 6.24. The zero-order valence-electron chi connectivity index (χ0n) is 15.1. The van der Waals surface area contributed by atoms with Gasteiger partial charge in [-0.3, -0.25) is 0 Å². The molecule has 0 saturated carbocycles. The number of benzene rings is 3. The van der Waals surface area contributed by atoms with Crippen molar-refractivity contribution in [3.63, 3.8) is 0 Å². The summed E-state index contributed by atoms with van der Waals surface area (Å²) in [6.07, 6.45) is 0. The number of hydrogen-bond acceptors (Lipinski definition) is 5. The molecule has 4 rings (SSSR count). The molecular weight excluding hydrogens is 467 g/mol. The number of rotatable bonds is 5. The molecule has 0 aliphatic rings. The van der Waals surface area contributed by atoms with Crippen molar-refractivity contribution in [2.24, 2.45) is 0 Å². The van der Waals surface area contributed by atoms with Gasteiger partial charge in [0.25, 0.3) is 0 Å². The quantitative estimate of drug-likeness (QED) is 0.344. The second-order valence-electron chi connectivity index (χ2n) is 6.16. The van der Waals surface area contributed by atoms with E-state index in [1.807, 2.05) is 0 Å². The Morgan fingerprint density at radius 3 is 2.23 bits per heavy atom. The van der Waals surface area contributed by atoms with Gasteiger partial charge in [-0.15, -0.1) is 0 Å². The topological polar surface area (TPSA) is 86.1 Å². The molecule has 1 aromatic heterocycles. The standard InChI is InChI=1S/C20H12Cl3N4O2S/c21-12-4-3-5-14(10-12)24-19-20(26-17-7-2-1-6-16(17)25-19)27-30(28,29)18-11-13(22)8-9-15(18)23/h1-11H,(H-,24,25,26,27)/q-1. The summed E-state index contributed by atoms with van der Waals surface area (Å²) in [4.78, 5) is 8.64. The van der Waals surface area contributed by atoms with Gasteiger partial charge in [-0.05, 0) is 53.8 Å². The maximum absolute atomic E-state index is 12.9. The average molecular weight is 479 g/mol. The summed E-state index contributed by atoms with van der Waals surface area (Å²) in [5, 5.41) is 3.75. The van der Waals surface area contributed by atoms with Crippen molar-refractivity contribution in [2.75, 3.05) is 5.32 Å². The number of aromatic nitrogens is 2. The number of para-hydroxylation sites is 2. The van der Waals surface area contributed by atoms with E-state index in [1.54, 1.807) is 48.5 Å². The first kappa shape index (κ1) is 20.7. The predicted molar refractivity (Wildman–Crippen MR) is 121 cm³/mol. The Morgan fingerprint density at radius 1 is 0.800 bits per heavy atom. The molecular formula is C20H12Cl3N4O2S-. The van der Waals surface area contributed by atoms with E-state index < -0.39 is 10.0 Å². The predicted octanol–water partition coefficient (Wildman–Crippen LogP) is 6.73. The van der Waals surface area contributed by atoms with Crippen LogP contribution in [0.4, 0.5) is 17.3 Å². The number of nitrogens with zero attached hydrogens (tertiary/aromatic N) is 3. The molecule has 0 unspecified atom stereocenters. The minimum Gasteiger partial charge on any atom is -0.431 e. The molecule has 0 aliphatic carbocycles. The number of anilines is 2. The maximum atomic E-state index is 12.9. The highest BCUT2D eigenvalue weighted by Gasteiger charge is 2.17. The van der Waals surface area contributed by atoms with Gasteiger partial charge in [0, 0.05) is 15.7 Å². The van der Waals surface area contributed by atoms with Crippen LogP contribution in [0, 0.1) is 0 Å². The Bertz CT molecular complexity index is 1360. The van der Waals surface area contributed by atoms with E-state index in [2.05, 4.69) is 20.0 Å². The SMILES string of the molecule is O=S(=O)([N-]c1nc2ccccc2nc1Nc1cccc(Cl)c1)c1cc(Cl)ccc1Cl. The molecule has 0 aliphatic heterocycles. The first-order valence-corrected chi connectivity index (χ1v) is 11.1. The third kappa shape index (κ3) is 4.44. The van der Waals surface area contributed by atoms with Gasteiger partial charge in [-0.2, -0.15) is 0 Å². The van der Waals surface area contributed by atoms with E-state index in [-0.39, 0.29) is 26.6 Å². The van der Waals surface area contributed by atoms with Crippen LogP contribution in [-0.4, -0.2) is 18.4 Å². The molecule has 0 amide bonds. The van der Waals surface area contributed by atoms with Crippen LogP contribution in [0.2, 0.25) is 15.1 Å². The number of nitrogens with one attached hydrogen (secondary N) is 1. The lowest BCUT2D eigenvalue weighted by Crippen LogP contribution is -2.03. The highest BCUT2D eigenvalue weighted by molar-refractivity contribution is 7.94. The van der Waals surface area contributed by atoms with Crippen LogP contribution < -0.4 is 5.32 Å². The van der Waals surface area contributed by atoms with E-state index in [4.69, 9.17) is 34.8 Å². The highest BCUT2D eigenvalue weighted by Crippen LogP contribution is 2.37. The molecule has 1 heterocycles. The molecule has 30 heavy (non-hydrogen) atoms. The summed E-state index contributed by atoms with van der Waals surface area (Å²) in [5.41, 5.74) is 1.65. The van der Waals surface area contributed by atoms with Crippen LogP contribution in [-0.2, 0) is 10.0 Å². The number of halogens is 3. The fourth-order valence-electron chi connectivity index (χ4n) is 2.68. The second-order valence-corrected chi connectivity index (χ2v) is 9.01. The van der Waals surface area contributed by atoms with Crippen LogP contribution in [0.25, 0.3) is 15.8 Å². The van der Waals surface area contributed by atoms with Crippen molar-refractivity contribution in [1.82, 2.24) is 9.97 Å². The maximum Gasteiger partial charge on any atom is 0.204 e. The van der Waals surface area contributed by atoms with Gasteiger partial charge in [0.15, 0.2) is 0 Å². The van der Waals surface area contributed by atoms with Crippen molar-refractivity contribution < 1.29 is 8.42 Å². The number of hydrogen-bond donors (Lipinski definition) is 1. The Hall–Kier alpha value is -2.58. The zero-order valence-corrected chi connectivity index (χ0v) is 18.1. The van der Waals surface area contributed by atoms with Gasteiger partial charge in [-0.1, -0.05) is 59.1 Å². The minimum atomic E-state index is -4.22. The molecule has 6 nitrogen and oxygen atoms in total. The van der Waals surface area contributed by atoms with Crippen LogP contribution >= 0.6 is 34.8 Å². The van der Waals surface area contributed by atoms with Crippen LogP contribution in [0.1, 0.15) is 0 Å². The van der Waals surface area contributed by atoms with Crippen LogP contribution in [0.15, 0.2) is 71.6 Å². The monoisotopic (exact) mass is 477 g/mol. The highest BCUT2D eigenvalue weighted by atomic mass is 35.5. The summed E-state index contributed by atoms with van der Waals surface area (Å²) in [7, 11) is -4.22. The van der Waals surface area contributed by atoms with Gasteiger partial charge in [0.2, 0.25) is 10.0 Å². The Kier molecular flexibility index (Phi) is 5.71. The smallest absolute Gasteiger partial charge is 0.204 e. The minimum absolute atomic E-state index is 0.00116. The average Bonchev–Trinajstić information content (AvgIpc) is 2.70. The van der Waals surface area contributed by atoms with Gasteiger partial charge < -0.3 is 15.0 Å². The van der Waals surface area contributed by atoms with Crippen molar-refractivity contribution in [3.8, 4) is 0 Å². The summed E-state index contributed by atoms with van der Waals surface area (Å²) in [5.74, 6) is 0.0300. The molecule has 0 atom stereocenters. The molecule has 0 fully saturated rings. The fraction of sp³-hybridized carbons (Fsp3) is 0. The Morgan fingerprint density at radius 2 is 1.50 bits per heavy atom.